The van der Waals surface area contributed by atoms with E-state index < -0.39 is 0 Å². The van der Waals surface area contributed by atoms with Gasteiger partial charge in [0.25, 0.3) is 0 Å². The molecule has 2 aliphatic carbocycles. The standard InChI is InChI=1S/C12H22/c1-9(2)8-10(3)11-4-5-12(11)6-7-12/h9-11H,4-8H2,1-3H3. The predicted molar refractivity (Wildman–Crippen MR) is 53.0 cm³/mol. The molecule has 0 aliphatic heterocycles. The van der Waals surface area contributed by atoms with E-state index in [1.54, 1.807) is 19.3 Å². The molecule has 2 aliphatic rings. The summed E-state index contributed by atoms with van der Waals surface area (Å²) in [5.74, 6) is 3.01. The third-order valence-corrected chi connectivity index (χ3v) is 4.16. The second kappa shape index (κ2) is 2.75. The van der Waals surface area contributed by atoms with Crippen LogP contribution in [0.15, 0.2) is 0 Å². The van der Waals surface area contributed by atoms with Gasteiger partial charge in [-0.25, -0.2) is 0 Å². The van der Waals surface area contributed by atoms with Gasteiger partial charge in [0.05, 0.1) is 0 Å². The minimum atomic E-state index is 0.897. The molecule has 2 saturated carbocycles. The third kappa shape index (κ3) is 1.30. The molecule has 1 spiro atoms. The molecule has 70 valence electrons. The zero-order valence-corrected chi connectivity index (χ0v) is 8.77. The highest BCUT2D eigenvalue weighted by Crippen LogP contribution is 2.67. The van der Waals surface area contributed by atoms with Crippen molar-refractivity contribution < 1.29 is 0 Å². The Labute approximate surface area is 76.7 Å². The van der Waals surface area contributed by atoms with E-state index in [0.29, 0.717) is 0 Å². The Morgan fingerprint density at radius 1 is 1.17 bits per heavy atom. The average molecular weight is 166 g/mol. The van der Waals surface area contributed by atoms with Crippen molar-refractivity contribution in [2.45, 2.75) is 52.9 Å². The molecule has 2 atom stereocenters. The lowest BCUT2D eigenvalue weighted by atomic mass is 9.63. The first kappa shape index (κ1) is 8.59. The van der Waals surface area contributed by atoms with Gasteiger partial charge in [0.1, 0.15) is 0 Å². The molecule has 2 rings (SSSR count). The molecular formula is C12H22. The molecule has 0 radical (unpaired) electrons. The third-order valence-electron chi connectivity index (χ3n) is 4.16. The van der Waals surface area contributed by atoms with Gasteiger partial charge < -0.3 is 0 Å². The van der Waals surface area contributed by atoms with Crippen molar-refractivity contribution in [3.05, 3.63) is 0 Å². The van der Waals surface area contributed by atoms with E-state index in [4.69, 9.17) is 0 Å². The quantitative estimate of drug-likeness (QED) is 0.597. The first-order valence-electron chi connectivity index (χ1n) is 5.64. The van der Waals surface area contributed by atoms with Crippen LogP contribution in [0.2, 0.25) is 0 Å². The van der Waals surface area contributed by atoms with E-state index in [2.05, 4.69) is 20.8 Å². The highest BCUT2D eigenvalue weighted by atomic mass is 14.6. The molecule has 0 bridgehead atoms. The van der Waals surface area contributed by atoms with Crippen LogP contribution in [0.5, 0.6) is 0 Å². The summed E-state index contributed by atoms with van der Waals surface area (Å²) in [4.78, 5) is 0. The van der Waals surface area contributed by atoms with Gasteiger partial charge in [0, 0.05) is 0 Å². The van der Waals surface area contributed by atoms with E-state index in [1.165, 1.54) is 12.8 Å². The Hall–Kier alpha value is 0. The first-order chi connectivity index (χ1) is 5.64. The maximum absolute atomic E-state index is 2.48. The molecule has 0 heterocycles. The zero-order chi connectivity index (χ0) is 8.77. The van der Waals surface area contributed by atoms with Crippen molar-refractivity contribution in [2.24, 2.45) is 23.2 Å². The summed E-state index contributed by atoms with van der Waals surface area (Å²) < 4.78 is 0. The van der Waals surface area contributed by atoms with Gasteiger partial charge in [-0.15, -0.1) is 0 Å². The van der Waals surface area contributed by atoms with Gasteiger partial charge in [-0.2, -0.15) is 0 Å². The molecule has 2 unspecified atom stereocenters. The van der Waals surface area contributed by atoms with Crippen LogP contribution >= 0.6 is 0 Å². The molecule has 0 N–H and O–H groups in total. The summed E-state index contributed by atoms with van der Waals surface area (Å²) >= 11 is 0. The van der Waals surface area contributed by atoms with E-state index in [-0.39, 0.29) is 0 Å². The van der Waals surface area contributed by atoms with E-state index in [1.807, 2.05) is 0 Å². The Morgan fingerprint density at radius 2 is 1.83 bits per heavy atom. The minimum Gasteiger partial charge on any atom is -0.0628 e. The maximum Gasteiger partial charge on any atom is -0.0266 e. The van der Waals surface area contributed by atoms with Crippen LogP contribution in [0.1, 0.15) is 52.9 Å². The van der Waals surface area contributed by atoms with Crippen molar-refractivity contribution in [1.82, 2.24) is 0 Å². The second-order valence-corrected chi connectivity index (χ2v) is 5.61. The topological polar surface area (TPSA) is 0 Å². The van der Waals surface area contributed by atoms with Crippen molar-refractivity contribution in [1.29, 1.82) is 0 Å². The van der Waals surface area contributed by atoms with Crippen LogP contribution < -0.4 is 0 Å². The highest BCUT2D eigenvalue weighted by molar-refractivity contribution is 5.06. The lowest BCUT2D eigenvalue weighted by molar-refractivity contribution is 0.0777. The van der Waals surface area contributed by atoms with Gasteiger partial charge in [-0.05, 0) is 55.3 Å². The summed E-state index contributed by atoms with van der Waals surface area (Å²) in [6.45, 7) is 7.19. The van der Waals surface area contributed by atoms with Gasteiger partial charge in [-0.3, -0.25) is 0 Å². The Kier molecular flexibility index (Phi) is 1.97. The van der Waals surface area contributed by atoms with Crippen molar-refractivity contribution in [3.8, 4) is 0 Å². The van der Waals surface area contributed by atoms with Crippen LogP contribution in [0.4, 0.5) is 0 Å². The van der Waals surface area contributed by atoms with E-state index in [9.17, 15) is 0 Å². The van der Waals surface area contributed by atoms with E-state index in [0.717, 1.165) is 23.2 Å². The SMILES string of the molecule is CC(C)CC(C)C1CCC12CC2. The van der Waals surface area contributed by atoms with Crippen LogP contribution in [0.25, 0.3) is 0 Å². The van der Waals surface area contributed by atoms with Gasteiger partial charge in [0.2, 0.25) is 0 Å². The molecule has 2 fully saturated rings. The summed E-state index contributed by atoms with van der Waals surface area (Å²) in [5, 5.41) is 0. The summed E-state index contributed by atoms with van der Waals surface area (Å²) in [5.41, 5.74) is 0.897. The number of hydrogen-bond donors (Lipinski definition) is 0. The lowest BCUT2D eigenvalue weighted by Gasteiger charge is -2.42. The summed E-state index contributed by atoms with van der Waals surface area (Å²) in [6, 6.07) is 0. The van der Waals surface area contributed by atoms with Gasteiger partial charge in [-0.1, -0.05) is 20.8 Å². The molecule has 12 heavy (non-hydrogen) atoms. The van der Waals surface area contributed by atoms with Crippen molar-refractivity contribution in [3.63, 3.8) is 0 Å². The Balaban J connectivity index is 1.84. The second-order valence-electron chi connectivity index (χ2n) is 5.61. The Morgan fingerprint density at radius 3 is 2.17 bits per heavy atom. The van der Waals surface area contributed by atoms with Crippen LogP contribution in [-0.2, 0) is 0 Å². The zero-order valence-electron chi connectivity index (χ0n) is 8.77. The van der Waals surface area contributed by atoms with Crippen LogP contribution in [0, 0.1) is 23.2 Å². The van der Waals surface area contributed by atoms with E-state index >= 15 is 0 Å². The molecule has 0 aromatic rings. The normalized spacial score (nSPS) is 33.5. The Bertz CT molecular complexity index is 165. The minimum absolute atomic E-state index is 0.897. The largest absolute Gasteiger partial charge is 0.0628 e. The average Bonchev–Trinajstić information content (AvgIpc) is 2.60. The molecule has 0 aromatic carbocycles. The summed E-state index contributed by atoms with van der Waals surface area (Å²) in [6.07, 6.45) is 7.65. The predicted octanol–water partition coefficient (Wildman–Crippen LogP) is 3.86. The fourth-order valence-electron chi connectivity index (χ4n) is 3.30. The molecule has 0 aromatic heterocycles. The fraction of sp³-hybridized carbons (Fsp3) is 1.00. The molecule has 0 heteroatoms. The van der Waals surface area contributed by atoms with Crippen LogP contribution in [0.3, 0.4) is 0 Å². The molecule has 0 amide bonds. The fourth-order valence-corrected chi connectivity index (χ4v) is 3.30. The molecule has 0 saturated heterocycles. The first-order valence-corrected chi connectivity index (χ1v) is 5.64. The molecule has 0 nitrogen and oxygen atoms in total. The monoisotopic (exact) mass is 166 g/mol. The maximum atomic E-state index is 2.48. The van der Waals surface area contributed by atoms with Gasteiger partial charge >= 0.3 is 0 Å². The van der Waals surface area contributed by atoms with Gasteiger partial charge in [0.15, 0.2) is 0 Å². The number of hydrogen-bond acceptors (Lipinski definition) is 0. The summed E-state index contributed by atoms with van der Waals surface area (Å²) in [7, 11) is 0. The smallest absolute Gasteiger partial charge is 0.0266 e. The van der Waals surface area contributed by atoms with Crippen molar-refractivity contribution >= 4 is 0 Å². The highest BCUT2D eigenvalue weighted by Gasteiger charge is 2.56. The molecular weight excluding hydrogens is 144 g/mol. The van der Waals surface area contributed by atoms with Crippen LogP contribution in [-0.4, -0.2) is 0 Å². The number of rotatable bonds is 3. The lowest BCUT2D eigenvalue weighted by Crippen LogP contribution is -2.33. The van der Waals surface area contributed by atoms with Crippen molar-refractivity contribution in [2.75, 3.05) is 0 Å².